The number of piperidine rings is 1. The van der Waals surface area contributed by atoms with Crippen LogP contribution < -0.4 is 5.32 Å². The van der Waals surface area contributed by atoms with Crippen molar-refractivity contribution in [3.8, 4) is 5.69 Å². The van der Waals surface area contributed by atoms with Crippen molar-refractivity contribution in [1.29, 1.82) is 0 Å². The van der Waals surface area contributed by atoms with E-state index in [2.05, 4.69) is 27.8 Å². The van der Waals surface area contributed by atoms with E-state index in [1.165, 1.54) is 6.42 Å². The molecule has 3 rings (SSSR count). The normalized spacial score (nSPS) is 18.2. The largest absolute Gasteiger partial charge is 0.376 e. The fraction of sp³-hybridized carbons (Fsp3) is 0.467. The SMILES string of the molecule is C[C@H]1CCCN(C(=O)CNc2cccc(-n3cnnn3)c2)C1. The van der Waals surface area contributed by atoms with Crippen LogP contribution in [0.25, 0.3) is 5.69 Å². The number of benzene rings is 1. The van der Waals surface area contributed by atoms with E-state index in [9.17, 15) is 4.79 Å². The number of likely N-dealkylation sites (tertiary alicyclic amines) is 1. The van der Waals surface area contributed by atoms with Crippen molar-refractivity contribution in [2.24, 2.45) is 5.92 Å². The van der Waals surface area contributed by atoms with Crippen LogP contribution in [0.5, 0.6) is 0 Å². The molecule has 0 aliphatic carbocycles. The molecule has 1 N–H and O–H groups in total. The second-order valence-electron chi connectivity index (χ2n) is 5.75. The molecule has 7 heteroatoms. The Morgan fingerprint density at radius 1 is 1.45 bits per heavy atom. The molecule has 0 bridgehead atoms. The van der Waals surface area contributed by atoms with Crippen molar-refractivity contribution >= 4 is 11.6 Å². The van der Waals surface area contributed by atoms with Crippen LogP contribution in [-0.4, -0.2) is 50.6 Å². The first-order valence-corrected chi connectivity index (χ1v) is 7.57. The maximum atomic E-state index is 12.3. The maximum absolute atomic E-state index is 12.3. The second kappa shape index (κ2) is 6.55. The van der Waals surface area contributed by atoms with Crippen LogP contribution in [0, 0.1) is 5.92 Å². The third-order valence-electron chi connectivity index (χ3n) is 3.91. The van der Waals surface area contributed by atoms with Crippen LogP contribution in [0.4, 0.5) is 5.69 Å². The Morgan fingerprint density at radius 3 is 3.14 bits per heavy atom. The number of rotatable bonds is 4. The molecular weight excluding hydrogens is 280 g/mol. The number of nitrogens with zero attached hydrogens (tertiary/aromatic N) is 5. The smallest absolute Gasteiger partial charge is 0.241 e. The van der Waals surface area contributed by atoms with Gasteiger partial charge in [-0.15, -0.1) is 5.10 Å². The first-order valence-electron chi connectivity index (χ1n) is 7.57. The van der Waals surface area contributed by atoms with Gasteiger partial charge in [-0.05, 0) is 47.4 Å². The number of hydrogen-bond donors (Lipinski definition) is 1. The van der Waals surface area contributed by atoms with Crippen molar-refractivity contribution in [2.75, 3.05) is 25.0 Å². The van der Waals surface area contributed by atoms with Crippen molar-refractivity contribution < 1.29 is 4.79 Å². The summed E-state index contributed by atoms with van der Waals surface area (Å²) in [6.07, 6.45) is 3.85. The van der Waals surface area contributed by atoms with E-state index in [0.717, 1.165) is 30.9 Å². The Hall–Kier alpha value is -2.44. The highest BCUT2D eigenvalue weighted by molar-refractivity contribution is 5.81. The fourth-order valence-electron chi connectivity index (χ4n) is 2.74. The number of hydrogen-bond acceptors (Lipinski definition) is 5. The van der Waals surface area contributed by atoms with Gasteiger partial charge in [0, 0.05) is 18.8 Å². The van der Waals surface area contributed by atoms with Gasteiger partial charge in [0.05, 0.1) is 12.2 Å². The van der Waals surface area contributed by atoms with E-state index < -0.39 is 0 Å². The quantitative estimate of drug-likeness (QED) is 0.922. The van der Waals surface area contributed by atoms with Gasteiger partial charge in [0.15, 0.2) is 0 Å². The Bertz CT molecular complexity index is 627. The van der Waals surface area contributed by atoms with Crippen molar-refractivity contribution in [3.63, 3.8) is 0 Å². The lowest BCUT2D eigenvalue weighted by Crippen LogP contribution is -2.41. The lowest BCUT2D eigenvalue weighted by molar-refractivity contribution is -0.130. The van der Waals surface area contributed by atoms with Gasteiger partial charge in [-0.1, -0.05) is 13.0 Å². The minimum atomic E-state index is 0.152. The molecule has 0 spiro atoms. The van der Waals surface area contributed by atoms with Crippen LogP contribution in [0.3, 0.4) is 0 Å². The van der Waals surface area contributed by atoms with Gasteiger partial charge in [0.1, 0.15) is 6.33 Å². The lowest BCUT2D eigenvalue weighted by Gasteiger charge is -2.31. The molecule has 2 aromatic rings. The first-order chi connectivity index (χ1) is 10.7. The first kappa shape index (κ1) is 14.5. The van der Waals surface area contributed by atoms with E-state index in [4.69, 9.17) is 0 Å². The summed E-state index contributed by atoms with van der Waals surface area (Å²) in [6.45, 7) is 4.25. The zero-order valence-corrected chi connectivity index (χ0v) is 12.6. The molecule has 1 atom stereocenters. The fourth-order valence-corrected chi connectivity index (χ4v) is 2.74. The van der Waals surface area contributed by atoms with Crippen LogP contribution >= 0.6 is 0 Å². The van der Waals surface area contributed by atoms with Gasteiger partial charge in [0.25, 0.3) is 0 Å². The number of amides is 1. The lowest BCUT2D eigenvalue weighted by atomic mass is 10.0. The molecule has 2 heterocycles. The number of aromatic nitrogens is 4. The monoisotopic (exact) mass is 300 g/mol. The number of carbonyl (C=O) groups is 1. The topological polar surface area (TPSA) is 75.9 Å². The predicted octanol–water partition coefficient (Wildman–Crippen LogP) is 1.33. The average Bonchev–Trinajstić information content (AvgIpc) is 3.07. The van der Waals surface area contributed by atoms with Gasteiger partial charge in [-0.3, -0.25) is 4.79 Å². The minimum absolute atomic E-state index is 0.152. The summed E-state index contributed by atoms with van der Waals surface area (Å²) in [4.78, 5) is 14.2. The minimum Gasteiger partial charge on any atom is -0.376 e. The van der Waals surface area contributed by atoms with E-state index in [1.54, 1.807) is 11.0 Å². The molecular formula is C15H20N6O. The van der Waals surface area contributed by atoms with Gasteiger partial charge in [-0.25, -0.2) is 4.68 Å². The molecule has 0 unspecified atom stereocenters. The summed E-state index contributed by atoms with van der Waals surface area (Å²) in [5.74, 6) is 0.750. The number of tetrazole rings is 1. The summed E-state index contributed by atoms with van der Waals surface area (Å²) in [5.41, 5.74) is 1.74. The molecule has 1 aliphatic heterocycles. The molecule has 1 aromatic heterocycles. The standard InChI is InChI=1S/C15H20N6O/c1-12-4-3-7-20(10-12)15(22)9-16-13-5-2-6-14(8-13)21-11-17-18-19-21/h2,5-6,8,11-12,16H,3-4,7,9-10H2,1H3/t12-/m0/s1. The molecule has 7 nitrogen and oxygen atoms in total. The van der Waals surface area contributed by atoms with Crippen LogP contribution in [-0.2, 0) is 4.79 Å². The van der Waals surface area contributed by atoms with Crippen molar-refractivity contribution in [3.05, 3.63) is 30.6 Å². The van der Waals surface area contributed by atoms with Crippen molar-refractivity contribution in [1.82, 2.24) is 25.1 Å². The zero-order valence-electron chi connectivity index (χ0n) is 12.6. The Morgan fingerprint density at radius 2 is 2.36 bits per heavy atom. The third kappa shape index (κ3) is 3.41. The summed E-state index contributed by atoms with van der Waals surface area (Å²) >= 11 is 0. The average molecular weight is 300 g/mol. The molecule has 1 saturated heterocycles. The zero-order chi connectivity index (χ0) is 15.4. The van der Waals surface area contributed by atoms with E-state index in [1.807, 2.05) is 29.2 Å². The molecule has 1 aliphatic rings. The van der Waals surface area contributed by atoms with Crippen molar-refractivity contribution in [2.45, 2.75) is 19.8 Å². The molecule has 22 heavy (non-hydrogen) atoms. The predicted molar refractivity (Wildman–Crippen MR) is 82.6 cm³/mol. The highest BCUT2D eigenvalue weighted by Crippen LogP contribution is 2.16. The highest BCUT2D eigenvalue weighted by atomic mass is 16.2. The Kier molecular flexibility index (Phi) is 4.32. The summed E-state index contributed by atoms with van der Waals surface area (Å²) in [7, 11) is 0. The van der Waals surface area contributed by atoms with Crippen LogP contribution in [0.2, 0.25) is 0 Å². The summed E-state index contributed by atoms with van der Waals surface area (Å²) in [5, 5.41) is 14.3. The summed E-state index contributed by atoms with van der Waals surface area (Å²) < 4.78 is 1.58. The Labute approximate surface area is 129 Å². The number of anilines is 1. The van der Waals surface area contributed by atoms with Gasteiger partial charge in [0.2, 0.25) is 5.91 Å². The molecule has 1 aromatic carbocycles. The molecule has 116 valence electrons. The molecule has 0 saturated carbocycles. The van der Waals surface area contributed by atoms with Crippen LogP contribution in [0.15, 0.2) is 30.6 Å². The molecule has 0 radical (unpaired) electrons. The number of nitrogens with one attached hydrogen (secondary N) is 1. The number of carbonyl (C=O) groups excluding carboxylic acids is 1. The molecule has 1 fully saturated rings. The van der Waals surface area contributed by atoms with Crippen LogP contribution in [0.1, 0.15) is 19.8 Å². The molecule has 1 amide bonds. The van der Waals surface area contributed by atoms with Gasteiger partial charge >= 0.3 is 0 Å². The highest BCUT2D eigenvalue weighted by Gasteiger charge is 2.20. The van der Waals surface area contributed by atoms with E-state index in [0.29, 0.717) is 12.5 Å². The maximum Gasteiger partial charge on any atom is 0.241 e. The second-order valence-corrected chi connectivity index (χ2v) is 5.75. The Balaban J connectivity index is 1.59. The van der Waals surface area contributed by atoms with Gasteiger partial charge in [-0.2, -0.15) is 0 Å². The van der Waals surface area contributed by atoms with E-state index in [-0.39, 0.29) is 5.91 Å². The third-order valence-corrected chi connectivity index (χ3v) is 3.91. The van der Waals surface area contributed by atoms with Gasteiger partial charge < -0.3 is 10.2 Å². The summed E-state index contributed by atoms with van der Waals surface area (Å²) in [6, 6.07) is 7.67. The van der Waals surface area contributed by atoms with E-state index >= 15 is 0 Å².